The number of pyridine rings is 1. The number of benzene rings is 1. The highest BCUT2D eigenvalue weighted by Gasteiger charge is 2.10. The number of aromatic nitrogens is 1. The third kappa shape index (κ3) is 3.46. The average Bonchev–Trinajstić information content (AvgIpc) is 2.47. The molecule has 1 heterocycles. The summed E-state index contributed by atoms with van der Waals surface area (Å²) in [5, 5.41) is 11.3. The van der Waals surface area contributed by atoms with Crippen LogP contribution in [0.5, 0.6) is 5.75 Å². The Balaban J connectivity index is 2.05. The number of halogens is 1. The van der Waals surface area contributed by atoms with Crippen LogP contribution in [0.15, 0.2) is 42.6 Å². The molecule has 1 N–H and O–H groups in total. The Morgan fingerprint density at radius 3 is 2.75 bits per heavy atom. The molecule has 6 heteroatoms. The lowest BCUT2D eigenvalue weighted by molar-refractivity contribution is 0.102. The summed E-state index contributed by atoms with van der Waals surface area (Å²) in [6.07, 6.45) is 1.51. The molecule has 100 valence electrons. The van der Waals surface area contributed by atoms with E-state index in [1.54, 1.807) is 36.4 Å². The summed E-state index contributed by atoms with van der Waals surface area (Å²) in [5.74, 6) is 0.220. The summed E-state index contributed by atoms with van der Waals surface area (Å²) in [4.78, 5) is 15.8. The van der Waals surface area contributed by atoms with Crippen molar-refractivity contribution in [2.24, 2.45) is 0 Å². The van der Waals surface area contributed by atoms with Gasteiger partial charge in [0.15, 0.2) is 6.61 Å². The SMILES string of the molecule is N#CCOc1ccc(NC(=O)c2cccnc2Cl)cc1. The molecule has 0 aliphatic carbocycles. The Hall–Kier alpha value is -2.58. The molecular formula is C14H10ClN3O2. The second-order valence-electron chi connectivity index (χ2n) is 3.77. The number of ether oxygens (including phenoxy) is 1. The van der Waals surface area contributed by atoms with Crippen LogP contribution in [0.3, 0.4) is 0 Å². The van der Waals surface area contributed by atoms with Crippen LogP contribution in [0, 0.1) is 11.3 Å². The van der Waals surface area contributed by atoms with Gasteiger partial charge in [-0.15, -0.1) is 0 Å². The van der Waals surface area contributed by atoms with Gasteiger partial charge in [-0.1, -0.05) is 11.6 Å². The topological polar surface area (TPSA) is 75.0 Å². The zero-order valence-electron chi connectivity index (χ0n) is 10.3. The molecule has 5 nitrogen and oxygen atoms in total. The van der Waals surface area contributed by atoms with Crippen molar-refractivity contribution in [2.75, 3.05) is 11.9 Å². The van der Waals surface area contributed by atoms with Crippen LogP contribution in [0.2, 0.25) is 5.15 Å². The first-order valence-electron chi connectivity index (χ1n) is 5.72. The quantitative estimate of drug-likeness (QED) is 0.877. The lowest BCUT2D eigenvalue weighted by Crippen LogP contribution is -2.12. The van der Waals surface area contributed by atoms with Crippen molar-refractivity contribution in [3.8, 4) is 11.8 Å². The van der Waals surface area contributed by atoms with Crippen LogP contribution >= 0.6 is 11.6 Å². The third-order valence-corrected chi connectivity index (χ3v) is 2.72. The molecule has 0 atom stereocenters. The van der Waals surface area contributed by atoms with Crippen molar-refractivity contribution >= 4 is 23.2 Å². The van der Waals surface area contributed by atoms with E-state index in [-0.39, 0.29) is 17.7 Å². The zero-order chi connectivity index (χ0) is 14.4. The predicted molar refractivity (Wildman–Crippen MR) is 74.8 cm³/mol. The minimum Gasteiger partial charge on any atom is -0.479 e. The van der Waals surface area contributed by atoms with Gasteiger partial charge in [-0.05, 0) is 36.4 Å². The number of hydrogen-bond donors (Lipinski definition) is 1. The molecule has 1 amide bonds. The van der Waals surface area contributed by atoms with Crippen molar-refractivity contribution in [1.82, 2.24) is 4.98 Å². The van der Waals surface area contributed by atoms with Crippen LogP contribution < -0.4 is 10.1 Å². The number of nitriles is 1. The lowest BCUT2D eigenvalue weighted by atomic mass is 10.2. The van der Waals surface area contributed by atoms with Gasteiger partial charge < -0.3 is 10.1 Å². The van der Waals surface area contributed by atoms with Crippen molar-refractivity contribution < 1.29 is 9.53 Å². The first kappa shape index (κ1) is 13.8. The summed E-state index contributed by atoms with van der Waals surface area (Å²) in [6, 6.07) is 11.8. The largest absolute Gasteiger partial charge is 0.479 e. The van der Waals surface area contributed by atoms with E-state index >= 15 is 0 Å². The molecule has 1 aromatic carbocycles. The van der Waals surface area contributed by atoms with E-state index in [9.17, 15) is 4.79 Å². The molecule has 0 saturated heterocycles. The van der Waals surface area contributed by atoms with E-state index in [1.807, 2.05) is 6.07 Å². The minimum absolute atomic E-state index is 0.0169. The van der Waals surface area contributed by atoms with Gasteiger partial charge in [0.25, 0.3) is 5.91 Å². The molecule has 2 aromatic rings. The summed E-state index contributed by atoms with van der Waals surface area (Å²) in [5.41, 5.74) is 0.901. The number of carbonyl (C=O) groups is 1. The number of nitrogens with zero attached hydrogens (tertiary/aromatic N) is 2. The fourth-order valence-corrected chi connectivity index (χ4v) is 1.71. The first-order valence-corrected chi connectivity index (χ1v) is 6.10. The predicted octanol–water partition coefficient (Wildman–Crippen LogP) is 2.89. The smallest absolute Gasteiger partial charge is 0.258 e. The van der Waals surface area contributed by atoms with E-state index in [1.165, 1.54) is 6.20 Å². The highest BCUT2D eigenvalue weighted by atomic mass is 35.5. The Morgan fingerprint density at radius 2 is 2.10 bits per heavy atom. The molecule has 0 radical (unpaired) electrons. The molecule has 0 aliphatic heterocycles. The van der Waals surface area contributed by atoms with Crippen LogP contribution in [0.4, 0.5) is 5.69 Å². The van der Waals surface area contributed by atoms with Crippen molar-refractivity contribution in [3.05, 3.63) is 53.3 Å². The van der Waals surface area contributed by atoms with Crippen molar-refractivity contribution in [1.29, 1.82) is 5.26 Å². The Bertz CT molecular complexity index is 650. The second kappa shape index (κ2) is 6.55. The maximum absolute atomic E-state index is 12.0. The van der Waals surface area contributed by atoms with Crippen molar-refractivity contribution in [2.45, 2.75) is 0 Å². The average molecular weight is 288 g/mol. The van der Waals surface area contributed by atoms with Crippen LogP contribution in [-0.4, -0.2) is 17.5 Å². The normalized spacial score (nSPS) is 9.60. The van der Waals surface area contributed by atoms with E-state index < -0.39 is 0 Å². The summed E-state index contributed by atoms with van der Waals surface area (Å²) < 4.78 is 5.11. The Morgan fingerprint density at radius 1 is 1.35 bits per heavy atom. The number of rotatable bonds is 4. The highest BCUT2D eigenvalue weighted by Crippen LogP contribution is 2.18. The van der Waals surface area contributed by atoms with Crippen LogP contribution in [-0.2, 0) is 0 Å². The van der Waals surface area contributed by atoms with Gasteiger partial charge >= 0.3 is 0 Å². The molecule has 1 aromatic heterocycles. The highest BCUT2D eigenvalue weighted by molar-refractivity contribution is 6.33. The van der Waals surface area contributed by atoms with Gasteiger partial charge in [0.1, 0.15) is 17.0 Å². The Kier molecular flexibility index (Phi) is 4.53. The number of nitrogens with one attached hydrogen (secondary N) is 1. The number of carbonyl (C=O) groups excluding carboxylic acids is 1. The number of hydrogen-bond acceptors (Lipinski definition) is 4. The number of anilines is 1. The third-order valence-electron chi connectivity index (χ3n) is 2.42. The van der Waals surface area contributed by atoms with Gasteiger partial charge in [-0.2, -0.15) is 5.26 Å². The lowest BCUT2D eigenvalue weighted by Gasteiger charge is -2.07. The van der Waals surface area contributed by atoms with Gasteiger partial charge in [0.2, 0.25) is 0 Å². The van der Waals surface area contributed by atoms with Gasteiger partial charge in [0, 0.05) is 11.9 Å². The Labute approximate surface area is 120 Å². The fourth-order valence-electron chi connectivity index (χ4n) is 1.50. The van der Waals surface area contributed by atoms with E-state index in [2.05, 4.69) is 10.3 Å². The molecule has 0 spiro atoms. The molecule has 0 saturated carbocycles. The first-order chi connectivity index (χ1) is 9.70. The summed E-state index contributed by atoms with van der Waals surface area (Å²) >= 11 is 5.85. The molecule has 0 fully saturated rings. The standard InChI is InChI=1S/C14H10ClN3O2/c15-13-12(2-1-8-17-13)14(19)18-10-3-5-11(6-4-10)20-9-7-16/h1-6,8H,9H2,(H,18,19). The van der Waals surface area contributed by atoms with Crippen LogP contribution in [0.25, 0.3) is 0 Å². The van der Waals surface area contributed by atoms with Crippen molar-refractivity contribution in [3.63, 3.8) is 0 Å². The molecule has 0 aliphatic rings. The monoisotopic (exact) mass is 287 g/mol. The second-order valence-corrected chi connectivity index (χ2v) is 4.13. The fraction of sp³-hybridized carbons (Fsp3) is 0.0714. The molecule has 0 bridgehead atoms. The van der Waals surface area contributed by atoms with E-state index in [0.29, 0.717) is 17.0 Å². The van der Waals surface area contributed by atoms with E-state index in [0.717, 1.165) is 0 Å². The maximum atomic E-state index is 12.0. The molecule has 2 rings (SSSR count). The zero-order valence-corrected chi connectivity index (χ0v) is 11.1. The minimum atomic E-state index is -0.339. The molecular weight excluding hydrogens is 278 g/mol. The molecule has 20 heavy (non-hydrogen) atoms. The summed E-state index contributed by atoms with van der Waals surface area (Å²) in [6.45, 7) is -0.0169. The van der Waals surface area contributed by atoms with Gasteiger partial charge in [0.05, 0.1) is 5.56 Å². The van der Waals surface area contributed by atoms with Gasteiger partial charge in [-0.25, -0.2) is 4.98 Å². The summed E-state index contributed by atoms with van der Waals surface area (Å²) in [7, 11) is 0. The molecule has 0 unspecified atom stereocenters. The maximum Gasteiger partial charge on any atom is 0.258 e. The van der Waals surface area contributed by atoms with Crippen LogP contribution in [0.1, 0.15) is 10.4 Å². The van der Waals surface area contributed by atoms with E-state index in [4.69, 9.17) is 21.6 Å². The van der Waals surface area contributed by atoms with Gasteiger partial charge in [-0.3, -0.25) is 4.79 Å². The number of amides is 1.